The first kappa shape index (κ1) is 13.5. The van der Waals surface area contributed by atoms with Crippen LogP contribution in [-0.2, 0) is 11.2 Å². The summed E-state index contributed by atoms with van der Waals surface area (Å²) in [6, 6.07) is 3.50. The number of hydrogen-bond donors (Lipinski definition) is 2. The fourth-order valence-electron chi connectivity index (χ4n) is 2.23. The van der Waals surface area contributed by atoms with Crippen molar-refractivity contribution in [3.63, 3.8) is 0 Å². The molecule has 0 saturated heterocycles. The molecule has 2 N–H and O–H groups in total. The van der Waals surface area contributed by atoms with Gasteiger partial charge in [-0.25, -0.2) is 0 Å². The minimum absolute atomic E-state index is 0.0388. The summed E-state index contributed by atoms with van der Waals surface area (Å²) in [6.07, 6.45) is 0.979. The normalized spacial score (nSPS) is 13.7. The zero-order valence-corrected chi connectivity index (χ0v) is 11.2. The van der Waals surface area contributed by atoms with Crippen LogP contribution in [0.25, 0.3) is 0 Å². The van der Waals surface area contributed by atoms with Gasteiger partial charge in [-0.2, -0.15) is 0 Å². The Morgan fingerprint density at radius 1 is 1.42 bits per heavy atom. The van der Waals surface area contributed by atoms with Crippen LogP contribution in [0.1, 0.15) is 29.3 Å². The molecule has 0 fully saturated rings. The molecular weight excluding hydrogens is 244 g/mol. The number of fused-ring (bicyclic) bond motifs is 1. The Hall–Kier alpha value is -1.88. The van der Waals surface area contributed by atoms with Gasteiger partial charge in [0.25, 0.3) is 0 Å². The van der Waals surface area contributed by atoms with E-state index in [1.54, 1.807) is 19.2 Å². The summed E-state index contributed by atoms with van der Waals surface area (Å²) in [6.45, 7) is 3.01. The molecule has 0 atom stereocenters. The van der Waals surface area contributed by atoms with Crippen molar-refractivity contribution >= 4 is 17.4 Å². The van der Waals surface area contributed by atoms with E-state index in [4.69, 9.17) is 4.74 Å². The van der Waals surface area contributed by atoms with E-state index in [2.05, 4.69) is 10.6 Å². The van der Waals surface area contributed by atoms with Crippen molar-refractivity contribution in [2.24, 2.45) is 0 Å². The maximum absolute atomic E-state index is 12.1. The molecule has 0 bridgehead atoms. The average molecular weight is 262 g/mol. The van der Waals surface area contributed by atoms with Gasteiger partial charge in [0.2, 0.25) is 5.91 Å². The van der Waals surface area contributed by atoms with Crippen LogP contribution >= 0.6 is 0 Å². The molecular formula is C14H18N2O3. The van der Waals surface area contributed by atoms with Crippen LogP contribution in [0.4, 0.5) is 5.69 Å². The van der Waals surface area contributed by atoms with Crippen molar-refractivity contribution in [3.05, 3.63) is 23.3 Å². The Balaban J connectivity index is 2.38. The molecule has 0 saturated carbocycles. The van der Waals surface area contributed by atoms with E-state index in [9.17, 15) is 9.59 Å². The lowest BCUT2D eigenvalue weighted by molar-refractivity contribution is -0.116. The van der Waals surface area contributed by atoms with Gasteiger partial charge >= 0.3 is 0 Å². The SMILES string of the molecule is CCNCC(=O)c1ccc(OC)c2c1CCC(=O)N2. The highest BCUT2D eigenvalue weighted by Crippen LogP contribution is 2.35. The monoisotopic (exact) mass is 262 g/mol. The number of benzene rings is 1. The summed E-state index contributed by atoms with van der Waals surface area (Å²) in [7, 11) is 1.55. The number of carbonyl (C=O) groups excluding carboxylic acids is 2. The minimum Gasteiger partial charge on any atom is -0.495 e. The molecule has 1 heterocycles. The summed E-state index contributed by atoms with van der Waals surface area (Å²) in [4.78, 5) is 23.6. The predicted molar refractivity (Wildman–Crippen MR) is 72.8 cm³/mol. The molecule has 0 aliphatic carbocycles. The Morgan fingerprint density at radius 3 is 2.89 bits per heavy atom. The number of ether oxygens (including phenoxy) is 1. The van der Waals surface area contributed by atoms with Crippen LogP contribution in [0.2, 0.25) is 0 Å². The lowest BCUT2D eigenvalue weighted by Crippen LogP contribution is -2.26. The third-order valence-corrected chi connectivity index (χ3v) is 3.20. The van der Waals surface area contributed by atoms with Crippen LogP contribution in [0.15, 0.2) is 12.1 Å². The van der Waals surface area contributed by atoms with Crippen molar-refractivity contribution in [3.8, 4) is 5.75 Å². The number of methoxy groups -OCH3 is 1. The Labute approximate surface area is 112 Å². The predicted octanol–water partition coefficient (Wildman–Crippen LogP) is 1.37. The molecule has 1 aliphatic heterocycles. The first-order chi connectivity index (χ1) is 9.17. The van der Waals surface area contributed by atoms with Crippen molar-refractivity contribution in [2.75, 3.05) is 25.5 Å². The largest absolute Gasteiger partial charge is 0.495 e. The maximum Gasteiger partial charge on any atom is 0.224 e. The third kappa shape index (κ3) is 2.76. The highest BCUT2D eigenvalue weighted by Gasteiger charge is 2.23. The van der Waals surface area contributed by atoms with Gasteiger partial charge in [0.1, 0.15) is 5.75 Å². The number of amides is 1. The quantitative estimate of drug-likeness (QED) is 0.787. The van der Waals surface area contributed by atoms with Crippen LogP contribution in [-0.4, -0.2) is 31.9 Å². The lowest BCUT2D eigenvalue weighted by atomic mass is 9.94. The van der Waals surface area contributed by atoms with Crippen molar-refractivity contribution < 1.29 is 14.3 Å². The standard InChI is InChI=1S/C14H18N2O3/c1-3-15-8-11(17)9-4-6-12(19-2)14-10(9)5-7-13(18)16-14/h4,6,15H,3,5,7-8H2,1-2H3,(H,16,18). The summed E-state index contributed by atoms with van der Waals surface area (Å²) in [5, 5.41) is 5.82. The van der Waals surface area contributed by atoms with Gasteiger partial charge in [-0.05, 0) is 30.7 Å². The highest BCUT2D eigenvalue weighted by molar-refractivity contribution is 6.04. The lowest BCUT2D eigenvalue weighted by Gasteiger charge is -2.22. The van der Waals surface area contributed by atoms with E-state index in [1.165, 1.54) is 0 Å². The van der Waals surface area contributed by atoms with Crippen molar-refractivity contribution in [1.29, 1.82) is 0 Å². The van der Waals surface area contributed by atoms with E-state index in [1.807, 2.05) is 6.92 Å². The highest BCUT2D eigenvalue weighted by atomic mass is 16.5. The molecule has 1 amide bonds. The smallest absolute Gasteiger partial charge is 0.224 e. The fourth-order valence-corrected chi connectivity index (χ4v) is 2.23. The van der Waals surface area contributed by atoms with Gasteiger partial charge in [-0.1, -0.05) is 6.92 Å². The van der Waals surface area contributed by atoms with E-state index < -0.39 is 0 Å². The minimum atomic E-state index is -0.0397. The molecule has 1 aromatic rings. The Kier molecular flexibility index (Phi) is 4.16. The van der Waals surface area contributed by atoms with Gasteiger partial charge in [-0.3, -0.25) is 9.59 Å². The molecule has 0 aromatic heterocycles. The second kappa shape index (κ2) is 5.84. The fraction of sp³-hybridized carbons (Fsp3) is 0.429. The van der Waals surface area contributed by atoms with Crippen LogP contribution in [0, 0.1) is 0 Å². The van der Waals surface area contributed by atoms with Gasteiger partial charge < -0.3 is 15.4 Å². The Morgan fingerprint density at radius 2 is 2.21 bits per heavy atom. The topological polar surface area (TPSA) is 67.4 Å². The number of Topliss-reactive ketones (excluding diaryl/α,β-unsaturated/α-hetero) is 1. The number of rotatable bonds is 5. The number of ketones is 1. The van der Waals surface area contributed by atoms with Gasteiger partial charge in [0, 0.05) is 12.0 Å². The molecule has 19 heavy (non-hydrogen) atoms. The average Bonchev–Trinajstić information content (AvgIpc) is 2.43. The zero-order chi connectivity index (χ0) is 13.8. The Bertz CT molecular complexity index is 512. The second-order valence-electron chi connectivity index (χ2n) is 4.42. The summed E-state index contributed by atoms with van der Waals surface area (Å²) >= 11 is 0. The number of hydrogen-bond acceptors (Lipinski definition) is 4. The molecule has 1 aliphatic rings. The number of likely N-dealkylation sites (N-methyl/N-ethyl adjacent to an activating group) is 1. The van der Waals surface area contributed by atoms with Crippen LogP contribution in [0.5, 0.6) is 5.75 Å². The summed E-state index contributed by atoms with van der Waals surface area (Å²) in [5.41, 5.74) is 2.18. The summed E-state index contributed by atoms with van der Waals surface area (Å²) in [5.74, 6) is 0.599. The summed E-state index contributed by atoms with van der Waals surface area (Å²) < 4.78 is 5.24. The molecule has 5 heteroatoms. The van der Waals surface area contributed by atoms with Gasteiger partial charge in [-0.15, -0.1) is 0 Å². The van der Waals surface area contributed by atoms with Crippen molar-refractivity contribution in [1.82, 2.24) is 5.32 Å². The first-order valence-electron chi connectivity index (χ1n) is 6.41. The third-order valence-electron chi connectivity index (χ3n) is 3.20. The number of carbonyl (C=O) groups is 2. The van der Waals surface area contributed by atoms with Gasteiger partial charge in [0.15, 0.2) is 5.78 Å². The van der Waals surface area contributed by atoms with Crippen molar-refractivity contribution in [2.45, 2.75) is 19.8 Å². The molecule has 0 spiro atoms. The molecule has 5 nitrogen and oxygen atoms in total. The van der Waals surface area contributed by atoms with E-state index in [0.717, 1.165) is 12.1 Å². The first-order valence-corrected chi connectivity index (χ1v) is 6.41. The maximum atomic E-state index is 12.1. The second-order valence-corrected chi connectivity index (χ2v) is 4.42. The van der Waals surface area contributed by atoms with E-state index in [0.29, 0.717) is 36.4 Å². The molecule has 2 rings (SSSR count). The number of anilines is 1. The molecule has 0 radical (unpaired) electrons. The van der Waals surface area contributed by atoms with Crippen LogP contribution in [0.3, 0.4) is 0 Å². The van der Waals surface area contributed by atoms with E-state index in [-0.39, 0.29) is 11.7 Å². The zero-order valence-electron chi connectivity index (χ0n) is 11.2. The van der Waals surface area contributed by atoms with E-state index >= 15 is 0 Å². The molecule has 102 valence electrons. The molecule has 1 aromatic carbocycles. The van der Waals surface area contributed by atoms with Crippen LogP contribution < -0.4 is 15.4 Å². The number of nitrogens with one attached hydrogen (secondary N) is 2. The van der Waals surface area contributed by atoms with Gasteiger partial charge in [0.05, 0.1) is 19.3 Å². The molecule has 0 unspecified atom stereocenters.